The van der Waals surface area contributed by atoms with Crippen LogP contribution in [-0.4, -0.2) is 58.8 Å². The number of ether oxygens (including phenoxy) is 5. The van der Waals surface area contributed by atoms with Crippen molar-refractivity contribution in [1.82, 2.24) is 0 Å². The van der Waals surface area contributed by atoms with Gasteiger partial charge in [0.15, 0.2) is 12.2 Å². The lowest BCUT2D eigenvalue weighted by molar-refractivity contribution is -0.263. The normalized spacial score (nSPS) is 26.3. The Morgan fingerprint density at radius 1 is 0.920 bits per heavy atom. The van der Waals surface area contributed by atoms with Crippen molar-refractivity contribution in [1.29, 1.82) is 5.41 Å². The van der Waals surface area contributed by atoms with Gasteiger partial charge in [0.2, 0.25) is 18.3 Å². The first kappa shape index (κ1) is 21.8. The zero-order valence-corrected chi connectivity index (χ0v) is 15.7. The van der Waals surface area contributed by atoms with Crippen LogP contribution >= 0.6 is 34.8 Å². The fourth-order valence-electron chi connectivity index (χ4n) is 1.99. The number of nitrogens with one attached hydrogen (secondary N) is 1. The molecule has 0 bridgehead atoms. The molecule has 2 unspecified atom stereocenters. The molecule has 142 valence electrons. The van der Waals surface area contributed by atoms with E-state index in [9.17, 15) is 14.4 Å². The van der Waals surface area contributed by atoms with Gasteiger partial charge in [-0.2, -0.15) is 0 Å². The summed E-state index contributed by atoms with van der Waals surface area (Å²) in [5, 5.41) is 7.59. The van der Waals surface area contributed by atoms with E-state index in [4.69, 9.17) is 63.9 Å². The Labute approximate surface area is 158 Å². The summed E-state index contributed by atoms with van der Waals surface area (Å²) < 4.78 is 23.4. The highest BCUT2D eigenvalue weighted by Crippen LogP contribution is 2.31. The molecule has 1 N–H and O–H groups in total. The lowest BCUT2D eigenvalue weighted by Crippen LogP contribution is -2.58. The molecule has 1 fully saturated rings. The summed E-state index contributed by atoms with van der Waals surface area (Å²) in [5.41, 5.74) is 0. The molecular formula is C13H16Cl3NO8. The first-order valence-electron chi connectivity index (χ1n) is 6.87. The van der Waals surface area contributed by atoms with E-state index < -0.39 is 52.2 Å². The number of halogens is 3. The van der Waals surface area contributed by atoms with Gasteiger partial charge in [0, 0.05) is 20.8 Å². The van der Waals surface area contributed by atoms with Crippen molar-refractivity contribution < 1.29 is 38.1 Å². The largest absolute Gasteiger partial charge is 0.456 e. The molecular weight excluding hydrogens is 405 g/mol. The van der Waals surface area contributed by atoms with Gasteiger partial charge in [-0.1, -0.05) is 34.8 Å². The highest BCUT2D eigenvalue weighted by Gasteiger charge is 2.49. The van der Waals surface area contributed by atoms with E-state index in [1.165, 1.54) is 0 Å². The van der Waals surface area contributed by atoms with Crippen LogP contribution in [0.1, 0.15) is 20.8 Å². The van der Waals surface area contributed by atoms with Gasteiger partial charge in [-0.05, 0) is 0 Å². The molecule has 0 spiro atoms. The zero-order valence-electron chi connectivity index (χ0n) is 13.4. The lowest BCUT2D eigenvalue weighted by Gasteiger charge is -2.40. The van der Waals surface area contributed by atoms with Gasteiger partial charge in [-0.3, -0.25) is 19.8 Å². The Morgan fingerprint density at radius 3 is 1.84 bits per heavy atom. The number of alkyl halides is 3. The predicted molar refractivity (Wildman–Crippen MR) is 85.5 cm³/mol. The summed E-state index contributed by atoms with van der Waals surface area (Å²) in [7, 11) is 0. The second-order valence-corrected chi connectivity index (χ2v) is 7.22. The van der Waals surface area contributed by atoms with Gasteiger partial charge in [-0.15, -0.1) is 0 Å². The van der Waals surface area contributed by atoms with Crippen molar-refractivity contribution >= 4 is 58.6 Å². The molecule has 1 saturated heterocycles. The van der Waals surface area contributed by atoms with Crippen LogP contribution in [0.15, 0.2) is 0 Å². The van der Waals surface area contributed by atoms with Crippen molar-refractivity contribution in [3.05, 3.63) is 0 Å². The molecule has 0 aromatic heterocycles. The topological polar surface area (TPSA) is 121 Å². The Balaban J connectivity index is 3.09. The molecule has 0 aromatic rings. The van der Waals surface area contributed by atoms with Crippen LogP contribution in [0, 0.1) is 5.41 Å². The van der Waals surface area contributed by atoms with E-state index in [0.717, 1.165) is 20.8 Å². The monoisotopic (exact) mass is 419 g/mol. The van der Waals surface area contributed by atoms with E-state index in [1.54, 1.807) is 0 Å². The van der Waals surface area contributed by atoms with Gasteiger partial charge >= 0.3 is 17.9 Å². The summed E-state index contributed by atoms with van der Waals surface area (Å²) in [6.07, 6.45) is -5.10. The summed E-state index contributed by atoms with van der Waals surface area (Å²) in [6, 6.07) is 0. The van der Waals surface area contributed by atoms with Gasteiger partial charge in [0.1, 0.15) is 0 Å². The summed E-state index contributed by atoms with van der Waals surface area (Å²) in [6.45, 7) is 3.09. The quantitative estimate of drug-likeness (QED) is 0.239. The number of carbonyl (C=O) groups is 3. The highest BCUT2D eigenvalue weighted by molar-refractivity contribution is 6.76. The molecule has 25 heavy (non-hydrogen) atoms. The fraction of sp³-hybridized carbons (Fsp3) is 0.692. The van der Waals surface area contributed by atoms with Crippen LogP contribution in [-0.2, 0) is 38.1 Å². The van der Waals surface area contributed by atoms with E-state index in [2.05, 4.69) is 0 Å². The Morgan fingerprint density at radius 2 is 1.40 bits per heavy atom. The highest BCUT2D eigenvalue weighted by atomic mass is 35.6. The number of rotatable bonds is 4. The van der Waals surface area contributed by atoms with Crippen LogP contribution in [0.3, 0.4) is 0 Å². The van der Waals surface area contributed by atoms with E-state index >= 15 is 0 Å². The molecule has 1 heterocycles. The molecule has 0 radical (unpaired) electrons. The van der Waals surface area contributed by atoms with Crippen molar-refractivity contribution in [2.45, 2.75) is 49.2 Å². The van der Waals surface area contributed by atoms with Crippen molar-refractivity contribution in [2.75, 3.05) is 6.61 Å². The maximum Gasteiger partial charge on any atom is 0.303 e. The standard InChI is InChI=1S/C13H16Cl3NO8/c1-5(18)22-8-4-21-11(25-12(17)13(14,15)16)10(24-7(3)20)9(8)23-6(2)19/h8-11,17H,4H2,1-3H3/t8-,9?,10?,11-/m1/s1. The first-order valence-corrected chi connectivity index (χ1v) is 8.01. The Bertz CT molecular complexity index is 550. The third-order valence-electron chi connectivity index (χ3n) is 2.80. The van der Waals surface area contributed by atoms with Gasteiger partial charge in [0.25, 0.3) is 3.79 Å². The van der Waals surface area contributed by atoms with Crippen LogP contribution < -0.4 is 0 Å². The van der Waals surface area contributed by atoms with Gasteiger partial charge in [0.05, 0.1) is 6.61 Å². The van der Waals surface area contributed by atoms with Crippen molar-refractivity contribution in [3.8, 4) is 0 Å². The van der Waals surface area contributed by atoms with E-state index in [1.807, 2.05) is 0 Å². The van der Waals surface area contributed by atoms with E-state index in [-0.39, 0.29) is 6.61 Å². The number of hydrogen-bond acceptors (Lipinski definition) is 9. The third-order valence-corrected chi connectivity index (χ3v) is 3.31. The summed E-state index contributed by atoms with van der Waals surface area (Å²) in [4.78, 5) is 34.0. The SMILES string of the molecule is CC(=O)OC1C(OC(C)=O)[C@H](OC(C)=O)CO[C@@H]1OC(=N)C(Cl)(Cl)Cl. The molecule has 1 aliphatic heterocycles. The molecule has 12 heteroatoms. The minimum Gasteiger partial charge on any atom is -0.456 e. The third kappa shape index (κ3) is 6.85. The van der Waals surface area contributed by atoms with Crippen molar-refractivity contribution in [3.63, 3.8) is 0 Å². The molecule has 0 saturated carbocycles. The maximum absolute atomic E-state index is 11.4. The lowest BCUT2D eigenvalue weighted by atomic mass is 10.0. The molecule has 0 aliphatic carbocycles. The summed E-state index contributed by atoms with van der Waals surface area (Å²) in [5.74, 6) is -2.95. The number of carbonyl (C=O) groups excluding carboxylic acids is 3. The minimum absolute atomic E-state index is 0.271. The second-order valence-electron chi connectivity index (χ2n) is 4.94. The minimum atomic E-state index is -2.19. The molecule has 9 nitrogen and oxygen atoms in total. The first-order chi connectivity index (χ1) is 11.4. The van der Waals surface area contributed by atoms with Crippen LogP contribution in [0.4, 0.5) is 0 Å². The average molecular weight is 421 g/mol. The molecule has 0 aromatic carbocycles. The second kappa shape index (κ2) is 8.88. The van der Waals surface area contributed by atoms with Crippen molar-refractivity contribution in [2.24, 2.45) is 0 Å². The van der Waals surface area contributed by atoms with Gasteiger partial charge < -0.3 is 23.7 Å². The molecule has 0 amide bonds. The Kier molecular flexibility index (Phi) is 7.73. The number of esters is 3. The molecule has 1 rings (SSSR count). The zero-order chi connectivity index (χ0) is 19.4. The predicted octanol–water partition coefficient (Wildman–Crippen LogP) is 1.50. The maximum atomic E-state index is 11.4. The molecule has 1 aliphatic rings. The molecule has 4 atom stereocenters. The van der Waals surface area contributed by atoms with E-state index in [0.29, 0.717) is 0 Å². The Hall–Kier alpha value is -1.29. The fourth-order valence-corrected chi connectivity index (χ4v) is 2.13. The number of hydrogen-bond donors (Lipinski definition) is 1. The van der Waals surface area contributed by atoms with Crippen LogP contribution in [0.5, 0.6) is 0 Å². The summed E-state index contributed by atoms with van der Waals surface area (Å²) >= 11 is 16.6. The average Bonchev–Trinajstić information content (AvgIpc) is 2.42. The van der Waals surface area contributed by atoms with Crippen LogP contribution in [0.25, 0.3) is 0 Å². The smallest absolute Gasteiger partial charge is 0.303 e. The van der Waals surface area contributed by atoms with Crippen LogP contribution in [0.2, 0.25) is 0 Å². The van der Waals surface area contributed by atoms with Gasteiger partial charge in [-0.25, -0.2) is 0 Å².